The molecule has 0 heterocycles. The number of hydrogen-bond acceptors (Lipinski definition) is 3. The van der Waals surface area contributed by atoms with Gasteiger partial charge in [0.25, 0.3) is 0 Å². The lowest BCUT2D eigenvalue weighted by atomic mass is 9.97. The van der Waals surface area contributed by atoms with Gasteiger partial charge in [-0.25, -0.2) is 0 Å². The average molecular weight is 219 g/mol. The highest BCUT2D eigenvalue weighted by Crippen LogP contribution is 2.18. The van der Waals surface area contributed by atoms with Gasteiger partial charge in [0.05, 0.1) is 5.69 Å². The molecule has 3 nitrogen and oxygen atoms in total. The van der Waals surface area contributed by atoms with Crippen molar-refractivity contribution in [3.63, 3.8) is 0 Å². The Hall–Kier alpha value is -1.35. The second-order valence-corrected chi connectivity index (χ2v) is 4.29. The molecule has 86 valence electrons. The molecule has 1 N–H and O–H groups in total. The molecule has 1 aromatic carbocycles. The van der Waals surface area contributed by atoms with Crippen LogP contribution in [0.15, 0.2) is 24.3 Å². The highest BCUT2D eigenvalue weighted by atomic mass is 16.7. The molecule has 1 aromatic rings. The number of anilines is 1. The van der Waals surface area contributed by atoms with Crippen LogP contribution in [0.3, 0.4) is 0 Å². The maximum absolute atomic E-state index is 11.5. The normalized spacial score (nSPS) is 20.8. The molecule has 0 amide bonds. The number of benzene rings is 1. The van der Waals surface area contributed by atoms with Gasteiger partial charge in [-0.05, 0) is 38.3 Å². The fourth-order valence-electron chi connectivity index (χ4n) is 1.84. The van der Waals surface area contributed by atoms with E-state index in [4.69, 9.17) is 4.84 Å². The maximum atomic E-state index is 11.5. The van der Waals surface area contributed by atoms with Gasteiger partial charge in [-0.15, -0.1) is 0 Å². The summed E-state index contributed by atoms with van der Waals surface area (Å²) in [5.41, 5.74) is 4.95. The van der Waals surface area contributed by atoms with Gasteiger partial charge in [0, 0.05) is 6.42 Å². The molecule has 0 saturated heterocycles. The highest BCUT2D eigenvalue weighted by Gasteiger charge is 2.23. The minimum atomic E-state index is -0.268. The quantitative estimate of drug-likeness (QED) is 0.794. The Kier molecular flexibility index (Phi) is 3.57. The van der Waals surface area contributed by atoms with E-state index in [2.05, 4.69) is 5.48 Å². The largest absolute Gasteiger partial charge is 0.297 e. The first kappa shape index (κ1) is 11.1. The summed E-state index contributed by atoms with van der Waals surface area (Å²) >= 11 is 0. The molecule has 1 atom stereocenters. The topological polar surface area (TPSA) is 38.3 Å². The first-order valence-corrected chi connectivity index (χ1v) is 5.77. The van der Waals surface area contributed by atoms with Crippen LogP contribution in [0.2, 0.25) is 0 Å². The highest BCUT2D eigenvalue weighted by molar-refractivity contribution is 5.83. The molecule has 1 fully saturated rings. The van der Waals surface area contributed by atoms with E-state index >= 15 is 0 Å². The average Bonchev–Trinajstić information content (AvgIpc) is 2.30. The third-order valence-corrected chi connectivity index (χ3v) is 2.87. The SMILES string of the molecule is Cc1ccc(NOC2CCCCC2=O)cc1. The van der Waals surface area contributed by atoms with Gasteiger partial charge in [-0.1, -0.05) is 17.7 Å². The smallest absolute Gasteiger partial charge is 0.164 e. The molecule has 3 heteroatoms. The van der Waals surface area contributed by atoms with E-state index in [9.17, 15) is 4.79 Å². The van der Waals surface area contributed by atoms with E-state index in [1.165, 1.54) is 5.56 Å². The van der Waals surface area contributed by atoms with Crippen LogP contribution in [-0.2, 0) is 9.63 Å². The number of Topliss-reactive ketones (excluding diaryl/α,β-unsaturated/α-hetero) is 1. The Morgan fingerprint density at radius 1 is 1.25 bits per heavy atom. The Bertz CT molecular complexity index is 359. The fraction of sp³-hybridized carbons (Fsp3) is 0.462. The van der Waals surface area contributed by atoms with Crippen molar-refractivity contribution >= 4 is 11.5 Å². The summed E-state index contributed by atoms with van der Waals surface area (Å²) in [7, 11) is 0. The van der Waals surface area contributed by atoms with E-state index in [-0.39, 0.29) is 11.9 Å². The fourth-order valence-corrected chi connectivity index (χ4v) is 1.84. The molecule has 1 unspecified atom stereocenters. The Morgan fingerprint density at radius 3 is 2.69 bits per heavy atom. The van der Waals surface area contributed by atoms with Gasteiger partial charge in [0.15, 0.2) is 5.78 Å². The summed E-state index contributed by atoms with van der Waals surface area (Å²) in [5, 5.41) is 0. The first-order valence-electron chi connectivity index (χ1n) is 5.77. The molecule has 1 saturated carbocycles. The Balaban J connectivity index is 1.86. The molecular formula is C13H17NO2. The third-order valence-electron chi connectivity index (χ3n) is 2.87. The molecule has 0 spiro atoms. The Morgan fingerprint density at radius 2 is 2.00 bits per heavy atom. The predicted molar refractivity (Wildman–Crippen MR) is 63.1 cm³/mol. The standard InChI is InChI=1S/C13H17NO2/c1-10-6-8-11(9-7-10)14-16-13-5-3-2-4-12(13)15/h6-9,13-14H,2-5H2,1H3. The molecule has 16 heavy (non-hydrogen) atoms. The number of hydrogen-bond donors (Lipinski definition) is 1. The van der Waals surface area contributed by atoms with Crippen LogP contribution >= 0.6 is 0 Å². The number of nitrogens with one attached hydrogen (secondary N) is 1. The first-order chi connectivity index (χ1) is 7.75. The molecule has 0 aliphatic heterocycles. The number of rotatable bonds is 3. The van der Waals surface area contributed by atoms with E-state index in [0.717, 1.165) is 24.9 Å². The zero-order valence-electron chi connectivity index (χ0n) is 9.53. The minimum absolute atomic E-state index is 0.214. The summed E-state index contributed by atoms with van der Waals surface area (Å²) < 4.78 is 0. The van der Waals surface area contributed by atoms with Crippen LogP contribution in [0, 0.1) is 6.92 Å². The lowest BCUT2D eigenvalue weighted by Gasteiger charge is -2.20. The molecule has 0 bridgehead atoms. The summed E-state index contributed by atoms with van der Waals surface area (Å²) in [5.74, 6) is 0.214. The second kappa shape index (κ2) is 5.12. The van der Waals surface area contributed by atoms with Crippen molar-refractivity contribution in [2.24, 2.45) is 0 Å². The van der Waals surface area contributed by atoms with Crippen LogP contribution < -0.4 is 5.48 Å². The minimum Gasteiger partial charge on any atom is -0.297 e. The van der Waals surface area contributed by atoms with Crippen molar-refractivity contribution in [3.05, 3.63) is 29.8 Å². The zero-order chi connectivity index (χ0) is 11.4. The Labute approximate surface area is 95.8 Å². The van der Waals surface area contributed by atoms with Crippen molar-refractivity contribution in [3.8, 4) is 0 Å². The zero-order valence-corrected chi connectivity index (χ0v) is 9.53. The van der Waals surface area contributed by atoms with Gasteiger partial charge >= 0.3 is 0 Å². The molecule has 1 aliphatic rings. The van der Waals surface area contributed by atoms with Gasteiger partial charge in [0.1, 0.15) is 6.10 Å². The van der Waals surface area contributed by atoms with Crippen molar-refractivity contribution in [1.29, 1.82) is 0 Å². The van der Waals surface area contributed by atoms with Crippen LogP contribution in [0.5, 0.6) is 0 Å². The number of carbonyl (C=O) groups excluding carboxylic acids is 1. The number of ketones is 1. The van der Waals surface area contributed by atoms with Crippen molar-refractivity contribution < 1.29 is 9.63 Å². The van der Waals surface area contributed by atoms with Crippen LogP contribution in [0.4, 0.5) is 5.69 Å². The van der Waals surface area contributed by atoms with Crippen molar-refractivity contribution in [2.45, 2.75) is 38.7 Å². The van der Waals surface area contributed by atoms with E-state index in [1.54, 1.807) is 0 Å². The third kappa shape index (κ3) is 2.83. The van der Waals surface area contributed by atoms with Crippen molar-refractivity contribution in [2.75, 3.05) is 5.48 Å². The molecular weight excluding hydrogens is 202 g/mol. The van der Waals surface area contributed by atoms with Crippen molar-refractivity contribution in [1.82, 2.24) is 0 Å². The molecule has 0 radical (unpaired) electrons. The summed E-state index contributed by atoms with van der Waals surface area (Å²) in [6.45, 7) is 2.04. The molecule has 1 aliphatic carbocycles. The number of carbonyl (C=O) groups is 1. The molecule has 2 rings (SSSR count). The number of aryl methyl sites for hydroxylation is 1. The van der Waals surface area contributed by atoms with Crippen LogP contribution in [-0.4, -0.2) is 11.9 Å². The van der Waals surface area contributed by atoms with Gasteiger partial charge in [-0.2, -0.15) is 0 Å². The summed E-state index contributed by atoms with van der Waals surface area (Å²) in [6.07, 6.45) is 3.29. The van der Waals surface area contributed by atoms with Crippen LogP contribution in [0.25, 0.3) is 0 Å². The van der Waals surface area contributed by atoms with E-state index < -0.39 is 0 Å². The van der Waals surface area contributed by atoms with Gasteiger partial charge in [0.2, 0.25) is 0 Å². The predicted octanol–water partition coefficient (Wildman–Crippen LogP) is 2.85. The van der Waals surface area contributed by atoms with Crippen LogP contribution in [0.1, 0.15) is 31.2 Å². The van der Waals surface area contributed by atoms with Gasteiger partial charge < -0.3 is 0 Å². The second-order valence-electron chi connectivity index (χ2n) is 4.29. The lowest BCUT2D eigenvalue weighted by Crippen LogP contribution is -2.29. The van der Waals surface area contributed by atoms with Gasteiger partial charge in [-0.3, -0.25) is 15.1 Å². The molecule has 0 aromatic heterocycles. The maximum Gasteiger partial charge on any atom is 0.164 e. The monoisotopic (exact) mass is 219 g/mol. The van der Waals surface area contributed by atoms with E-state index in [1.807, 2.05) is 31.2 Å². The summed E-state index contributed by atoms with van der Waals surface area (Å²) in [6, 6.07) is 7.91. The van der Waals surface area contributed by atoms with E-state index in [0.29, 0.717) is 6.42 Å². The lowest BCUT2D eigenvalue weighted by molar-refractivity contribution is -0.131. The summed E-state index contributed by atoms with van der Waals surface area (Å²) in [4.78, 5) is 16.9.